The highest BCUT2D eigenvalue weighted by Crippen LogP contribution is 2.22. The lowest BCUT2D eigenvalue weighted by molar-refractivity contribution is 0.794. The number of H-pyrrole nitrogens is 1. The first kappa shape index (κ1) is 9.28. The Hall–Kier alpha value is -1.28. The Labute approximate surface area is 84.3 Å². The molecule has 0 aliphatic rings. The number of nitrogens with one attached hydrogen (secondary N) is 2. The van der Waals surface area contributed by atoms with E-state index in [2.05, 4.69) is 42.3 Å². The topological polar surface area (TPSA) is 27.8 Å². The summed E-state index contributed by atoms with van der Waals surface area (Å²) in [4.78, 5) is 3.44. The molecule has 0 fully saturated rings. The highest BCUT2D eigenvalue weighted by atomic mass is 14.9. The first-order valence-corrected chi connectivity index (χ1v) is 4.95. The van der Waals surface area contributed by atoms with Crippen LogP contribution in [-0.2, 0) is 6.54 Å². The second-order valence-electron chi connectivity index (χ2n) is 3.81. The maximum absolute atomic E-state index is 3.44. The minimum atomic E-state index is 0.902. The second-order valence-corrected chi connectivity index (χ2v) is 3.81. The van der Waals surface area contributed by atoms with Crippen molar-refractivity contribution in [3.05, 3.63) is 35.0 Å². The van der Waals surface area contributed by atoms with Gasteiger partial charge in [0.1, 0.15) is 0 Å². The molecular weight excluding hydrogens is 172 g/mol. The SMILES string of the molecule is CNCc1[nH]c2cc(C)ccc2c1C. The van der Waals surface area contributed by atoms with Gasteiger partial charge in [-0.05, 0) is 38.1 Å². The van der Waals surface area contributed by atoms with E-state index in [0.717, 1.165) is 6.54 Å². The molecule has 0 aliphatic heterocycles. The number of hydrogen-bond donors (Lipinski definition) is 2. The van der Waals surface area contributed by atoms with Gasteiger partial charge in [-0.15, -0.1) is 0 Å². The number of aromatic amines is 1. The Morgan fingerprint density at radius 1 is 1.29 bits per heavy atom. The van der Waals surface area contributed by atoms with Gasteiger partial charge >= 0.3 is 0 Å². The maximum Gasteiger partial charge on any atom is 0.0461 e. The van der Waals surface area contributed by atoms with Crippen molar-refractivity contribution in [1.29, 1.82) is 0 Å². The fraction of sp³-hybridized carbons (Fsp3) is 0.333. The summed E-state index contributed by atoms with van der Waals surface area (Å²) in [5, 5.41) is 4.50. The van der Waals surface area contributed by atoms with Crippen LogP contribution in [0.2, 0.25) is 0 Å². The van der Waals surface area contributed by atoms with Crippen molar-refractivity contribution < 1.29 is 0 Å². The predicted molar refractivity (Wildman–Crippen MR) is 60.5 cm³/mol. The summed E-state index contributed by atoms with van der Waals surface area (Å²) in [6, 6.07) is 6.55. The smallest absolute Gasteiger partial charge is 0.0461 e. The van der Waals surface area contributed by atoms with E-state index in [-0.39, 0.29) is 0 Å². The van der Waals surface area contributed by atoms with Crippen LogP contribution in [0.4, 0.5) is 0 Å². The van der Waals surface area contributed by atoms with E-state index >= 15 is 0 Å². The molecule has 0 unspecified atom stereocenters. The third-order valence-electron chi connectivity index (χ3n) is 2.67. The van der Waals surface area contributed by atoms with Crippen LogP contribution >= 0.6 is 0 Å². The minimum absolute atomic E-state index is 0.902. The summed E-state index contributed by atoms with van der Waals surface area (Å²) < 4.78 is 0. The molecule has 1 heterocycles. The van der Waals surface area contributed by atoms with Crippen molar-refractivity contribution in [3.63, 3.8) is 0 Å². The monoisotopic (exact) mass is 188 g/mol. The van der Waals surface area contributed by atoms with Crippen LogP contribution in [0, 0.1) is 13.8 Å². The first-order chi connectivity index (χ1) is 6.72. The summed E-state index contributed by atoms with van der Waals surface area (Å²) in [7, 11) is 1.97. The lowest BCUT2D eigenvalue weighted by Gasteiger charge is -1.96. The van der Waals surface area contributed by atoms with Gasteiger partial charge in [-0.1, -0.05) is 12.1 Å². The molecule has 0 amide bonds. The average Bonchev–Trinajstić information content (AvgIpc) is 2.44. The zero-order valence-electron chi connectivity index (χ0n) is 8.94. The molecule has 14 heavy (non-hydrogen) atoms. The summed E-state index contributed by atoms with van der Waals surface area (Å²) in [5.41, 5.74) is 5.19. The normalized spacial score (nSPS) is 11.1. The maximum atomic E-state index is 3.44. The zero-order valence-corrected chi connectivity index (χ0v) is 8.94. The molecule has 0 radical (unpaired) electrons. The molecule has 0 spiro atoms. The Morgan fingerprint density at radius 2 is 2.07 bits per heavy atom. The third-order valence-corrected chi connectivity index (χ3v) is 2.67. The first-order valence-electron chi connectivity index (χ1n) is 4.95. The van der Waals surface area contributed by atoms with E-state index in [9.17, 15) is 0 Å². The molecule has 2 N–H and O–H groups in total. The molecule has 74 valence electrons. The van der Waals surface area contributed by atoms with Crippen LogP contribution in [0.3, 0.4) is 0 Å². The van der Waals surface area contributed by atoms with Gasteiger partial charge in [0.2, 0.25) is 0 Å². The lowest BCUT2D eigenvalue weighted by atomic mass is 10.1. The number of rotatable bonds is 2. The van der Waals surface area contributed by atoms with Gasteiger partial charge in [0.25, 0.3) is 0 Å². The van der Waals surface area contributed by atoms with Gasteiger partial charge < -0.3 is 10.3 Å². The van der Waals surface area contributed by atoms with Gasteiger partial charge in [-0.3, -0.25) is 0 Å². The molecule has 2 heteroatoms. The highest BCUT2D eigenvalue weighted by Gasteiger charge is 2.05. The van der Waals surface area contributed by atoms with Crippen LogP contribution in [-0.4, -0.2) is 12.0 Å². The molecule has 2 rings (SSSR count). The standard InChI is InChI=1S/C12H16N2/c1-8-4-5-10-9(2)12(7-13-3)14-11(10)6-8/h4-6,13-14H,7H2,1-3H3. The molecule has 0 atom stereocenters. The zero-order chi connectivity index (χ0) is 10.1. The molecule has 0 aliphatic carbocycles. The fourth-order valence-corrected chi connectivity index (χ4v) is 1.86. The van der Waals surface area contributed by atoms with Crippen molar-refractivity contribution in [2.45, 2.75) is 20.4 Å². The molecule has 0 bridgehead atoms. The third kappa shape index (κ3) is 1.42. The fourth-order valence-electron chi connectivity index (χ4n) is 1.86. The summed E-state index contributed by atoms with van der Waals surface area (Å²) in [6.07, 6.45) is 0. The van der Waals surface area contributed by atoms with Gasteiger partial charge in [0.05, 0.1) is 0 Å². The van der Waals surface area contributed by atoms with Crippen LogP contribution < -0.4 is 5.32 Å². The van der Waals surface area contributed by atoms with Gasteiger partial charge in [0, 0.05) is 23.1 Å². The quantitative estimate of drug-likeness (QED) is 0.744. The number of aryl methyl sites for hydroxylation is 2. The minimum Gasteiger partial charge on any atom is -0.357 e. The van der Waals surface area contributed by atoms with Crippen molar-refractivity contribution in [2.24, 2.45) is 0 Å². The summed E-state index contributed by atoms with van der Waals surface area (Å²) >= 11 is 0. The van der Waals surface area contributed by atoms with Crippen LogP contribution in [0.5, 0.6) is 0 Å². The lowest BCUT2D eigenvalue weighted by Crippen LogP contribution is -2.06. The Kier molecular flexibility index (Phi) is 2.30. The number of aromatic nitrogens is 1. The van der Waals surface area contributed by atoms with Crippen LogP contribution in [0.25, 0.3) is 10.9 Å². The molecule has 0 saturated carbocycles. The molecule has 2 aromatic rings. The molecule has 1 aromatic heterocycles. The molecular formula is C12H16N2. The van der Waals surface area contributed by atoms with Crippen molar-refractivity contribution in [3.8, 4) is 0 Å². The van der Waals surface area contributed by atoms with E-state index in [1.807, 2.05) is 7.05 Å². The van der Waals surface area contributed by atoms with E-state index < -0.39 is 0 Å². The van der Waals surface area contributed by atoms with E-state index in [4.69, 9.17) is 0 Å². The van der Waals surface area contributed by atoms with Gasteiger partial charge in [-0.2, -0.15) is 0 Å². The predicted octanol–water partition coefficient (Wildman–Crippen LogP) is 2.50. The Morgan fingerprint density at radius 3 is 2.79 bits per heavy atom. The number of hydrogen-bond acceptors (Lipinski definition) is 1. The summed E-state index contributed by atoms with van der Waals surface area (Å²) in [5.74, 6) is 0. The van der Waals surface area contributed by atoms with Crippen molar-refractivity contribution in [1.82, 2.24) is 10.3 Å². The Balaban J connectivity index is 2.61. The average molecular weight is 188 g/mol. The van der Waals surface area contributed by atoms with E-state index in [1.54, 1.807) is 0 Å². The molecule has 0 saturated heterocycles. The van der Waals surface area contributed by atoms with E-state index in [1.165, 1.54) is 27.7 Å². The van der Waals surface area contributed by atoms with Gasteiger partial charge in [-0.25, -0.2) is 0 Å². The molecule has 1 aromatic carbocycles. The largest absolute Gasteiger partial charge is 0.357 e. The van der Waals surface area contributed by atoms with Crippen molar-refractivity contribution >= 4 is 10.9 Å². The Bertz CT molecular complexity index is 455. The van der Waals surface area contributed by atoms with Crippen LogP contribution in [0.15, 0.2) is 18.2 Å². The van der Waals surface area contributed by atoms with Gasteiger partial charge in [0.15, 0.2) is 0 Å². The van der Waals surface area contributed by atoms with Crippen molar-refractivity contribution in [2.75, 3.05) is 7.05 Å². The second kappa shape index (κ2) is 3.46. The number of benzene rings is 1. The van der Waals surface area contributed by atoms with E-state index in [0.29, 0.717) is 0 Å². The summed E-state index contributed by atoms with van der Waals surface area (Å²) in [6.45, 7) is 5.19. The highest BCUT2D eigenvalue weighted by molar-refractivity contribution is 5.84. The van der Waals surface area contributed by atoms with Crippen LogP contribution in [0.1, 0.15) is 16.8 Å². The molecule has 2 nitrogen and oxygen atoms in total. The number of fused-ring (bicyclic) bond motifs is 1.